The van der Waals surface area contributed by atoms with Gasteiger partial charge in [-0.2, -0.15) is 5.26 Å². The summed E-state index contributed by atoms with van der Waals surface area (Å²) in [7, 11) is 0. The summed E-state index contributed by atoms with van der Waals surface area (Å²) in [4.78, 5) is 12.3. The number of carbonyl (C=O) groups excluding carboxylic acids is 1. The molecule has 0 aliphatic carbocycles. The monoisotopic (exact) mass is 408 g/mol. The van der Waals surface area contributed by atoms with E-state index in [4.69, 9.17) is 21.6 Å². The second kappa shape index (κ2) is 9.22. The molecule has 0 saturated heterocycles. The van der Waals surface area contributed by atoms with Gasteiger partial charge in [-0.1, -0.05) is 23.7 Å². The third-order valence-electron chi connectivity index (χ3n) is 4.37. The molecule has 0 unspecified atom stereocenters. The number of hydrogen-bond donors (Lipinski definition) is 1. The summed E-state index contributed by atoms with van der Waals surface area (Å²) < 4.78 is 18.9. The molecule has 6 heteroatoms. The highest BCUT2D eigenvalue weighted by atomic mass is 35.5. The highest BCUT2D eigenvalue weighted by Gasteiger charge is 2.09. The Balaban J connectivity index is 1.59. The van der Waals surface area contributed by atoms with Gasteiger partial charge in [0.15, 0.2) is 0 Å². The van der Waals surface area contributed by atoms with Crippen molar-refractivity contribution in [2.75, 3.05) is 5.32 Å². The minimum Gasteiger partial charge on any atom is -0.489 e. The van der Waals surface area contributed by atoms with Gasteiger partial charge in [-0.25, -0.2) is 4.39 Å². The van der Waals surface area contributed by atoms with Crippen LogP contribution in [0.15, 0.2) is 60.7 Å². The molecule has 3 rings (SSSR count). The van der Waals surface area contributed by atoms with E-state index in [2.05, 4.69) is 11.4 Å². The van der Waals surface area contributed by atoms with Gasteiger partial charge in [0.05, 0.1) is 18.1 Å². The van der Waals surface area contributed by atoms with Crippen LogP contribution in [0, 0.1) is 24.1 Å². The molecule has 0 saturated carbocycles. The maximum absolute atomic E-state index is 13.1. The minimum atomic E-state index is -0.436. The summed E-state index contributed by atoms with van der Waals surface area (Å²) in [6.45, 7) is 2.31. The Kier molecular flexibility index (Phi) is 6.48. The number of anilines is 1. The fourth-order valence-corrected chi connectivity index (χ4v) is 3.00. The lowest BCUT2D eigenvalue weighted by Crippen LogP contribution is -2.15. The number of carbonyl (C=O) groups is 1. The number of nitrogens with one attached hydrogen (secondary N) is 1. The molecule has 0 aromatic heterocycles. The Hall–Kier alpha value is -3.36. The van der Waals surface area contributed by atoms with E-state index in [-0.39, 0.29) is 17.4 Å². The van der Waals surface area contributed by atoms with Crippen LogP contribution >= 0.6 is 11.6 Å². The number of aryl methyl sites for hydroxylation is 1. The average molecular weight is 409 g/mol. The lowest BCUT2D eigenvalue weighted by atomic mass is 10.1. The Morgan fingerprint density at radius 1 is 1.10 bits per heavy atom. The zero-order chi connectivity index (χ0) is 20.8. The quantitative estimate of drug-likeness (QED) is 0.592. The van der Waals surface area contributed by atoms with Crippen molar-refractivity contribution in [3.8, 4) is 11.8 Å². The Labute approximate surface area is 173 Å². The SMILES string of the molecule is Cc1cc(NC(=O)Cc2ccc(F)cc2Cl)ccc1COc1ccc(C#N)cc1. The van der Waals surface area contributed by atoms with Crippen molar-refractivity contribution in [1.82, 2.24) is 0 Å². The maximum atomic E-state index is 13.1. The molecule has 0 atom stereocenters. The zero-order valence-electron chi connectivity index (χ0n) is 15.7. The van der Waals surface area contributed by atoms with Crippen LogP contribution in [0.3, 0.4) is 0 Å². The van der Waals surface area contributed by atoms with Crippen LogP contribution in [0.1, 0.15) is 22.3 Å². The van der Waals surface area contributed by atoms with E-state index in [0.29, 0.717) is 29.2 Å². The van der Waals surface area contributed by atoms with Crippen LogP contribution in [-0.4, -0.2) is 5.91 Å². The summed E-state index contributed by atoms with van der Waals surface area (Å²) in [6, 6.07) is 18.5. The summed E-state index contributed by atoms with van der Waals surface area (Å²) in [5.74, 6) is 0.00467. The van der Waals surface area contributed by atoms with Crippen LogP contribution < -0.4 is 10.1 Å². The third-order valence-corrected chi connectivity index (χ3v) is 4.72. The number of amides is 1. The number of hydrogen-bond acceptors (Lipinski definition) is 3. The van der Waals surface area contributed by atoms with E-state index in [1.807, 2.05) is 19.1 Å². The van der Waals surface area contributed by atoms with Crippen molar-refractivity contribution >= 4 is 23.2 Å². The Morgan fingerprint density at radius 2 is 1.83 bits per heavy atom. The van der Waals surface area contributed by atoms with Crippen molar-refractivity contribution in [3.63, 3.8) is 0 Å². The molecule has 1 N–H and O–H groups in total. The first kappa shape index (κ1) is 20.4. The molecule has 0 bridgehead atoms. The fraction of sp³-hybridized carbons (Fsp3) is 0.130. The van der Waals surface area contributed by atoms with Gasteiger partial charge in [-0.3, -0.25) is 4.79 Å². The van der Waals surface area contributed by atoms with Crippen molar-refractivity contribution in [1.29, 1.82) is 5.26 Å². The van der Waals surface area contributed by atoms with Crippen molar-refractivity contribution in [3.05, 3.63) is 93.8 Å². The van der Waals surface area contributed by atoms with E-state index in [9.17, 15) is 9.18 Å². The Bertz CT molecular complexity index is 1080. The smallest absolute Gasteiger partial charge is 0.228 e. The number of rotatable bonds is 6. The first-order valence-corrected chi connectivity index (χ1v) is 9.28. The first-order valence-electron chi connectivity index (χ1n) is 8.91. The fourth-order valence-electron chi connectivity index (χ4n) is 2.77. The van der Waals surface area contributed by atoms with Gasteiger partial charge in [0.25, 0.3) is 0 Å². The topological polar surface area (TPSA) is 62.1 Å². The van der Waals surface area contributed by atoms with Crippen molar-refractivity contribution in [2.45, 2.75) is 20.0 Å². The van der Waals surface area contributed by atoms with Crippen LogP contribution in [0.25, 0.3) is 0 Å². The molecule has 146 valence electrons. The van der Waals surface area contributed by atoms with Gasteiger partial charge < -0.3 is 10.1 Å². The van der Waals surface area contributed by atoms with Gasteiger partial charge in [0.1, 0.15) is 18.2 Å². The van der Waals surface area contributed by atoms with Gasteiger partial charge in [0.2, 0.25) is 5.91 Å². The summed E-state index contributed by atoms with van der Waals surface area (Å²) in [5, 5.41) is 11.9. The summed E-state index contributed by atoms with van der Waals surface area (Å²) in [6.07, 6.45) is 0.0573. The maximum Gasteiger partial charge on any atom is 0.228 e. The number of nitriles is 1. The molecule has 0 spiro atoms. The molecular formula is C23H18ClFN2O2. The number of benzene rings is 3. The highest BCUT2D eigenvalue weighted by molar-refractivity contribution is 6.31. The van der Waals surface area contributed by atoms with Gasteiger partial charge >= 0.3 is 0 Å². The van der Waals surface area contributed by atoms with E-state index in [1.54, 1.807) is 30.3 Å². The minimum absolute atomic E-state index is 0.0573. The Morgan fingerprint density at radius 3 is 2.48 bits per heavy atom. The van der Waals surface area contributed by atoms with Gasteiger partial charge in [-0.15, -0.1) is 0 Å². The molecule has 0 aliphatic rings. The van der Waals surface area contributed by atoms with Gasteiger partial charge in [0, 0.05) is 10.7 Å². The predicted molar refractivity (Wildman–Crippen MR) is 110 cm³/mol. The zero-order valence-corrected chi connectivity index (χ0v) is 16.5. The lowest BCUT2D eigenvalue weighted by molar-refractivity contribution is -0.115. The van der Waals surface area contributed by atoms with Gasteiger partial charge in [-0.05, 0) is 72.1 Å². The average Bonchev–Trinajstić information content (AvgIpc) is 2.70. The predicted octanol–water partition coefficient (Wildman–Crippen LogP) is 5.42. The molecule has 0 heterocycles. The summed E-state index contributed by atoms with van der Waals surface area (Å²) in [5.41, 5.74) is 3.75. The second-order valence-corrected chi connectivity index (χ2v) is 6.93. The van der Waals surface area contributed by atoms with Crippen LogP contribution in [-0.2, 0) is 17.8 Å². The summed E-state index contributed by atoms with van der Waals surface area (Å²) >= 11 is 5.98. The molecule has 0 fully saturated rings. The van der Waals surface area contributed by atoms with E-state index in [1.165, 1.54) is 18.2 Å². The number of nitrogens with zero attached hydrogens (tertiary/aromatic N) is 1. The number of halogens is 2. The standard InChI is InChI=1S/C23H18ClFN2O2/c1-15-10-20(27-23(28)11-17-4-6-19(25)12-22(17)24)7-5-18(15)14-29-21-8-2-16(13-26)3-9-21/h2-10,12H,11,14H2,1H3,(H,27,28). The molecular weight excluding hydrogens is 391 g/mol. The van der Waals surface area contributed by atoms with E-state index < -0.39 is 5.82 Å². The van der Waals surface area contributed by atoms with Crippen LogP contribution in [0.2, 0.25) is 5.02 Å². The van der Waals surface area contributed by atoms with Crippen LogP contribution in [0.4, 0.5) is 10.1 Å². The number of ether oxygens (including phenoxy) is 1. The van der Waals surface area contributed by atoms with Crippen molar-refractivity contribution < 1.29 is 13.9 Å². The molecule has 3 aromatic carbocycles. The normalized spacial score (nSPS) is 10.3. The molecule has 3 aromatic rings. The van der Waals surface area contributed by atoms with E-state index >= 15 is 0 Å². The lowest BCUT2D eigenvalue weighted by Gasteiger charge is -2.12. The largest absolute Gasteiger partial charge is 0.489 e. The highest BCUT2D eigenvalue weighted by Crippen LogP contribution is 2.21. The third kappa shape index (κ3) is 5.56. The molecule has 4 nitrogen and oxygen atoms in total. The second-order valence-electron chi connectivity index (χ2n) is 6.53. The molecule has 0 radical (unpaired) electrons. The first-order chi connectivity index (χ1) is 13.9. The van der Waals surface area contributed by atoms with Crippen molar-refractivity contribution in [2.24, 2.45) is 0 Å². The molecule has 0 aliphatic heterocycles. The molecule has 1 amide bonds. The van der Waals surface area contributed by atoms with E-state index in [0.717, 1.165) is 11.1 Å². The van der Waals surface area contributed by atoms with Crippen LogP contribution in [0.5, 0.6) is 5.75 Å². The molecule has 29 heavy (non-hydrogen) atoms.